The van der Waals surface area contributed by atoms with Crippen molar-refractivity contribution in [1.29, 1.82) is 0 Å². The number of aliphatic hydroxyl groups is 1. The van der Waals surface area contributed by atoms with Crippen LogP contribution in [0, 0.1) is 10.1 Å². The minimum atomic E-state index is -4.40. The smallest absolute Gasteiger partial charge is 0.411 e. The molecule has 1 N–H and O–H groups in total. The van der Waals surface area contributed by atoms with Crippen LogP contribution in [0.25, 0.3) is 0 Å². The van der Waals surface area contributed by atoms with Crippen LogP contribution in [-0.4, -0.2) is 36.0 Å². The Labute approximate surface area is 111 Å². The first-order valence-corrected chi connectivity index (χ1v) is 5.49. The predicted molar refractivity (Wildman–Crippen MR) is 61.4 cm³/mol. The number of halogens is 3. The van der Waals surface area contributed by atoms with Gasteiger partial charge in [-0.3, -0.25) is 10.1 Å². The van der Waals surface area contributed by atoms with Gasteiger partial charge in [-0.15, -0.1) is 0 Å². The van der Waals surface area contributed by atoms with Gasteiger partial charge in [-0.1, -0.05) is 0 Å². The van der Waals surface area contributed by atoms with Crippen molar-refractivity contribution in [3.63, 3.8) is 0 Å². The van der Waals surface area contributed by atoms with E-state index in [1.807, 2.05) is 0 Å². The zero-order chi connectivity index (χ0) is 15.2. The molecule has 0 fully saturated rings. The second-order valence-corrected chi connectivity index (χ2v) is 3.72. The van der Waals surface area contributed by atoms with Crippen LogP contribution < -0.4 is 4.74 Å². The summed E-state index contributed by atoms with van der Waals surface area (Å²) in [5, 5.41) is 19.6. The molecule has 0 saturated carbocycles. The highest BCUT2D eigenvalue weighted by molar-refractivity contribution is 5.43. The van der Waals surface area contributed by atoms with Crippen LogP contribution in [0.5, 0.6) is 5.75 Å². The first kappa shape index (κ1) is 16.2. The molecule has 1 aromatic rings. The first-order chi connectivity index (χ1) is 9.33. The van der Waals surface area contributed by atoms with Crippen molar-refractivity contribution in [1.82, 2.24) is 0 Å². The van der Waals surface area contributed by atoms with E-state index >= 15 is 0 Å². The Morgan fingerprint density at radius 3 is 2.55 bits per heavy atom. The van der Waals surface area contributed by atoms with Crippen LogP contribution in [0.4, 0.5) is 18.9 Å². The van der Waals surface area contributed by atoms with E-state index in [2.05, 4.69) is 4.74 Å². The van der Waals surface area contributed by atoms with Gasteiger partial charge in [0, 0.05) is 17.7 Å². The van der Waals surface area contributed by atoms with E-state index in [0.717, 1.165) is 6.07 Å². The lowest BCUT2D eigenvalue weighted by molar-refractivity contribution is -0.385. The van der Waals surface area contributed by atoms with Crippen molar-refractivity contribution in [2.24, 2.45) is 0 Å². The summed E-state index contributed by atoms with van der Waals surface area (Å²) in [5.41, 5.74) is -0.0373. The SMILES string of the molecule is O=[N+]([O-])c1ccc(OCCOCC(F)(F)F)c(CO)c1. The van der Waals surface area contributed by atoms with E-state index in [9.17, 15) is 23.3 Å². The maximum absolute atomic E-state index is 11.8. The summed E-state index contributed by atoms with van der Waals surface area (Å²) in [6, 6.07) is 3.57. The Bertz CT molecular complexity index is 464. The van der Waals surface area contributed by atoms with E-state index < -0.39 is 24.3 Å². The molecule has 0 aliphatic heterocycles. The monoisotopic (exact) mass is 295 g/mol. The molecule has 0 spiro atoms. The number of alkyl halides is 3. The summed E-state index contributed by atoms with van der Waals surface area (Å²) in [7, 11) is 0. The number of benzene rings is 1. The zero-order valence-electron chi connectivity index (χ0n) is 10.2. The molecule has 6 nitrogen and oxygen atoms in total. The van der Waals surface area contributed by atoms with Gasteiger partial charge in [0.25, 0.3) is 5.69 Å². The van der Waals surface area contributed by atoms with Crippen molar-refractivity contribution in [3.8, 4) is 5.75 Å². The van der Waals surface area contributed by atoms with Gasteiger partial charge < -0.3 is 14.6 Å². The molecule has 0 aliphatic rings. The van der Waals surface area contributed by atoms with Crippen molar-refractivity contribution in [3.05, 3.63) is 33.9 Å². The first-order valence-electron chi connectivity index (χ1n) is 5.49. The maximum Gasteiger partial charge on any atom is 0.411 e. The van der Waals surface area contributed by atoms with Crippen LogP contribution in [0.3, 0.4) is 0 Å². The largest absolute Gasteiger partial charge is 0.491 e. The Morgan fingerprint density at radius 2 is 2.00 bits per heavy atom. The molecule has 0 atom stereocenters. The highest BCUT2D eigenvalue weighted by Crippen LogP contribution is 2.24. The molecule has 20 heavy (non-hydrogen) atoms. The molecular weight excluding hydrogens is 283 g/mol. The van der Waals surface area contributed by atoms with Crippen molar-refractivity contribution >= 4 is 5.69 Å². The fraction of sp³-hybridized carbons (Fsp3) is 0.455. The predicted octanol–water partition coefficient (Wildman–Crippen LogP) is 2.04. The third-order valence-corrected chi connectivity index (χ3v) is 2.18. The molecule has 0 aliphatic carbocycles. The molecule has 1 aromatic carbocycles. The van der Waals surface area contributed by atoms with Crippen LogP contribution in [0.2, 0.25) is 0 Å². The number of non-ortho nitro benzene ring substituents is 1. The molecular formula is C11H12F3NO5. The van der Waals surface area contributed by atoms with Crippen molar-refractivity contribution < 1.29 is 32.7 Å². The third kappa shape index (κ3) is 5.41. The van der Waals surface area contributed by atoms with Gasteiger partial charge in [0.15, 0.2) is 0 Å². The second-order valence-electron chi connectivity index (χ2n) is 3.72. The van der Waals surface area contributed by atoms with Gasteiger partial charge in [0.1, 0.15) is 19.0 Å². The van der Waals surface area contributed by atoms with E-state index in [0.29, 0.717) is 0 Å². The van der Waals surface area contributed by atoms with Gasteiger partial charge in [0.2, 0.25) is 0 Å². The summed E-state index contributed by atoms with van der Waals surface area (Å²) in [6.07, 6.45) is -4.40. The fourth-order valence-corrected chi connectivity index (χ4v) is 1.34. The van der Waals surface area contributed by atoms with Crippen LogP contribution in [-0.2, 0) is 11.3 Å². The van der Waals surface area contributed by atoms with Crippen molar-refractivity contribution in [2.45, 2.75) is 12.8 Å². The topological polar surface area (TPSA) is 81.8 Å². The molecule has 0 bridgehead atoms. The molecule has 0 amide bonds. The second kappa shape index (κ2) is 7.06. The number of nitro benzene ring substituents is 1. The number of nitrogens with zero attached hydrogens (tertiary/aromatic N) is 1. The molecule has 0 heterocycles. The molecule has 0 saturated heterocycles. The molecule has 0 radical (unpaired) electrons. The summed E-state index contributed by atoms with van der Waals surface area (Å²) in [4.78, 5) is 9.90. The average Bonchev–Trinajstić information content (AvgIpc) is 2.36. The summed E-state index contributed by atoms with van der Waals surface area (Å²) < 4.78 is 44.8. The van der Waals surface area contributed by atoms with Crippen LogP contribution >= 0.6 is 0 Å². The number of rotatable bonds is 7. The van der Waals surface area contributed by atoms with Gasteiger partial charge in [-0.05, 0) is 6.07 Å². The van der Waals surface area contributed by atoms with Gasteiger partial charge in [-0.25, -0.2) is 0 Å². The summed E-state index contributed by atoms with van der Waals surface area (Å²) in [5.74, 6) is 0.161. The number of ether oxygens (including phenoxy) is 2. The lowest BCUT2D eigenvalue weighted by atomic mass is 10.2. The van der Waals surface area contributed by atoms with Gasteiger partial charge in [-0.2, -0.15) is 13.2 Å². The number of nitro groups is 1. The zero-order valence-corrected chi connectivity index (χ0v) is 10.2. The highest BCUT2D eigenvalue weighted by atomic mass is 19.4. The number of aliphatic hydroxyl groups excluding tert-OH is 1. The highest BCUT2D eigenvalue weighted by Gasteiger charge is 2.27. The Morgan fingerprint density at radius 1 is 1.30 bits per heavy atom. The maximum atomic E-state index is 11.8. The molecule has 112 valence electrons. The number of hydrogen-bond donors (Lipinski definition) is 1. The molecule has 1 rings (SSSR count). The summed E-state index contributed by atoms with van der Waals surface area (Å²) in [6.45, 7) is -2.31. The molecule has 0 aromatic heterocycles. The Balaban J connectivity index is 2.49. The quantitative estimate of drug-likeness (QED) is 0.473. The van der Waals surface area contributed by atoms with E-state index in [4.69, 9.17) is 9.84 Å². The minimum absolute atomic E-state index is 0.161. The normalized spacial score (nSPS) is 11.4. The Hall–Kier alpha value is -1.87. The van der Waals surface area contributed by atoms with E-state index in [1.165, 1.54) is 12.1 Å². The van der Waals surface area contributed by atoms with E-state index in [1.54, 1.807) is 0 Å². The lowest BCUT2D eigenvalue weighted by Crippen LogP contribution is -2.19. The lowest BCUT2D eigenvalue weighted by Gasteiger charge is -2.11. The number of hydrogen-bond acceptors (Lipinski definition) is 5. The standard InChI is InChI=1S/C11H12F3NO5/c12-11(13,14)7-19-3-4-20-10-2-1-9(15(17)18)5-8(10)6-16/h1-2,5,16H,3-4,6-7H2. The van der Waals surface area contributed by atoms with Gasteiger partial charge >= 0.3 is 6.18 Å². The third-order valence-electron chi connectivity index (χ3n) is 2.18. The van der Waals surface area contributed by atoms with E-state index in [-0.39, 0.29) is 30.2 Å². The molecule has 0 unspecified atom stereocenters. The van der Waals surface area contributed by atoms with Crippen LogP contribution in [0.1, 0.15) is 5.56 Å². The molecule has 9 heteroatoms. The fourth-order valence-electron chi connectivity index (χ4n) is 1.34. The summed E-state index contributed by atoms with van der Waals surface area (Å²) >= 11 is 0. The Kier molecular flexibility index (Phi) is 5.71. The van der Waals surface area contributed by atoms with Crippen LogP contribution in [0.15, 0.2) is 18.2 Å². The minimum Gasteiger partial charge on any atom is -0.491 e. The average molecular weight is 295 g/mol. The van der Waals surface area contributed by atoms with Crippen molar-refractivity contribution in [2.75, 3.05) is 19.8 Å². The van der Waals surface area contributed by atoms with Gasteiger partial charge in [0.05, 0.1) is 18.1 Å².